The van der Waals surface area contributed by atoms with E-state index in [-0.39, 0.29) is 28.9 Å². The molecule has 1 aliphatic heterocycles. The van der Waals surface area contributed by atoms with Crippen LogP contribution in [0.3, 0.4) is 0 Å². The van der Waals surface area contributed by atoms with E-state index in [0.717, 1.165) is 11.3 Å². The number of hydrogen-bond acceptors (Lipinski definition) is 6. The number of carbonyl (C=O) groups is 2. The predicted molar refractivity (Wildman–Crippen MR) is 111 cm³/mol. The Kier molecular flexibility index (Phi) is 5.89. The lowest BCUT2D eigenvalue weighted by atomic mass is 10.0. The first-order valence-electron chi connectivity index (χ1n) is 9.65. The van der Waals surface area contributed by atoms with Crippen LogP contribution in [-0.2, 0) is 33.1 Å². The van der Waals surface area contributed by atoms with Crippen molar-refractivity contribution in [2.75, 3.05) is 5.32 Å². The Bertz CT molecular complexity index is 1100. The maximum absolute atomic E-state index is 12.8. The maximum Gasteiger partial charge on any atom is 0.265 e. The fourth-order valence-corrected chi connectivity index (χ4v) is 4.64. The highest BCUT2D eigenvalue weighted by atomic mass is 32.2. The SMILES string of the molecule is Cc1cc2c(cc1S(=O)(=O)NC(=O)CCc1cn(C)nc1C)OC(C(C)C)C(=O)N2. The number of ether oxygens (including phenoxy) is 1. The van der Waals surface area contributed by atoms with Crippen molar-refractivity contribution in [2.45, 2.75) is 51.5 Å². The third-order valence-electron chi connectivity index (χ3n) is 4.93. The third-order valence-corrected chi connectivity index (χ3v) is 6.44. The average Bonchev–Trinajstić information content (AvgIpc) is 2.95. The van der Waals surface area contributed by atoms with Crippen molar-refractivity contribution in [2.24, 2.45) is 13.0 Å². The molecule has 0 saturated heterocycles. The molecule has 3 rings (SSSR count). The van der Waals surface area contributed by atoms with Crippen LogP contribution in [0.4, 0.5) is 5.69 Å². The van der Waals surface area contributed by atoms with Crippen molar-refractivity contribution in [3.05, 3.63) is 35.2 Å². The van der Waals surface area contributed by atoms with E-state index in [0.29, 0.717) is 17.7 Å². The van der Waals surface area contributed by atoms with Gasteiger partial charge < -0.3 is 10.1 Å². The standard InChI is InChI=1S/C20H26N4O5S/c1-11(2)19-20(26)21-15-8-12(3)17(9-16(15)29-19)30(27,28)23-18(25)7-6-14-10-24(5)22-13(14)4/h8-11,19H,6-7H2,1-5H3,(H,21,26)(H,23,25). The van der Waals surface area contributed by atoms with Crippen LogP contribution in [0.25, 0.3) is 0 Å². The quantitative estimate of drug-likeness (QED) is 0.716. The number of benzene rings is 1. The monoisotopic (exact) mass is 434 g/mol. The van der Waals surface area contributed by atoms with Gasteiger partial charge in [0.25, 0.3) is 15.9 Å². The van der Waals surface area contributed by atoms with Crippen molar-refractivity contribution < 1.29 is 22.7 Å². The lowest BCUT2D eigenvalue weighted by Gasteiger charge is -2.29. The molecule has 2 amide bonds. The van der Waals surface area contributed by atoms with E-state index < -0.39 is 22.0 Å². The molecular formula is C20H26N4O5S. The van der Waals surface area contributed by atoms with Crippen LogP contribution in [0.5, 0.6) is 5.75 Å². The van der Waals surface area contributed by atoms with Gasteiger partial charge in [0.15, 0.2) is 6.10 Å². The van der Waals surface area contributed by atoms with E-state index >= 15 is 0 Å². The first-order valence-corrected chi connectivity index (χ1v) is 11.1. The molecule has 2 heterocycles. The molecule has 0 bridgehead atoms. The molecule has 162 valence electrons. The lowest BCUT2D eigenvalue weighted by molar-refractivity contribution is -0.125. The highest BCUT2D eigenvalue weighted by Crippen LogP contribution is 2.35. The van der Waals surface area contributed by atoms with Crippen molar-refractivity contribution in [3.8, 4) is 5.75 Å². The Morgan fingerprint density at radius 1 is 1.33 bits per heavy atom. The van der Waals surface area contributed by atoms with Crippen LogP contribution in [-0.4, -0.2) is 36.1 Å². The van der Waals surface area contributed by atoms with Crippen molar-refractivity contribution >= 4 is 27.5 Å². The fraction of sp³-hybridized carbons (Fsp3) is 0.450. The Hall–Kier alpha value is -2.88. The number of sulfonamides is 1. The summed E-state index contributed by atoms with van der Waals surface area (Å²) < 4.78 is 35.1. The number of anilines is 1. The zero-order valence-electron chi connectivity index (χ0n) is 17.6. The van der Waals surface area contributed by atoms with Gasteiger partial charge in [-0.3, -0.25) is 14.3 Å². The second-order valence-corrected chi connectivity index (χ2v) is 9.48. The molecule has 0 radical (unpaired) electrons. The molecule has 1 aromatic heterocycles. The minimum Gasteiger partial charge on any atom is -0.478 e. The van der Waals surface area contributed by atoms with Gasteiger partial charge in [-0.15, -0.1) is 0 Å². The number of fused-ring (bicyclic) bond motifs is 1. The van der Waals surface area contributed by atoms with Gasteiger partial charge in [0.1, 0.15) is 5.75 Å². The number of aromatic nitrogens is 2. The summed E-state index contributed by atoms with van der Waals surface area (Å²) >= 11 is 0. The summed E-state index contributed by atoms with van der Waals surface area (Å²) in [5, 5.41) is 6.95. The molecule has 1 unspecified atom stereocenters. The van der Waals surface area contributed by atoms with Crippen molar-refractivity contribution in [3.63, 3.8) is 0 Å². The Balaban J connectivity index is 1.77. The van der Waals surface area contributed by atoms with E-state index in [4.69, 9.17) is 4.74 Å². The largest absolute Gasteiger partial charge is 0.478 e. The molecule has 1 aromatic carbocycles. The molecule has 9 nitrogen and oxygen atoms in total. The summed E-state index contributed by atoms with van der Waals surface area (Å²) in [7, 11) is -2.31. The molecular weight excluding hydrogens is 408 g/mol. The van der Waals surface area contributed by atoms with Gasteiger partial charge in [-0.1, -0.05) is 13.8 Å². The van der Waals surface area contributed by atoms with Gasteiger partial charge in [-0.2, -0.15) is 5.10 Å². The van der Waals surface area contributed by atoms with Gasteiger partial charge in [-0.05, 0) is 43.4 Å². The number of carbonyl (C=O) groups excluding carboxylic acids is 2. The van der Waals surface area contributed by atoms with Crippen molar-refractivity contribution in [1.29, 1.82) is 0 Å². The first kappa shape index (κ1) is 21.8. The second kappa shape index (κ2) is 8.10. The second-order valence-electron chi connectivity index (χ2n) is 7.83. The van der Waals surface area contributed by atoms with Crippen LogP contribution < -0.4 is 14.8 Å². The molecule has 2 N–H and O–H groups in total. The molecule has 2 aromatic rings. The molecule has 1 aliphatic rings. The van der Waals surface area contributed by atoms with Gasteiger partial charge in [0.05, 0.1) is 16.3 Å². The van der Waals surface area contributed by atoms with Crippen molar-refractivity contribution in [1.82, 2.24) is 14.5 Å². The molecule has 10 heteroatoms. The Morgan fingerprint density at radius 2 is 2.03 bits per heavy atom. The highest BCUT2D eigenvalue weighted by molar-refractivity contribution is 7.90. The Morgan fingerprint density at radius 3 is 2.63 bits per heavy atom. The van der Waals surface area contributed by atoms with E-state index in [1.165, 1.54) is 12.1 Å². The molecule has 30 heavy (non-hydrogen) atoms. The molecule has 0 spiro atoms. The summed E-state index contributed by atoms with van der Waals surface area (Å²) in [4.78, 5) is 24.4. The number of aryl methyl sites for hydroxylation is 4. The smallest absolute Gasteiger partial charge is 0.265 e. The Labute approximate surface area is 175 Å². The van der Waals surface area contributed by atoms with Crippen LogP contribution >= 0.6 is 0 Å². The fourth-order valence-electron chi connectivity index (χ4n) is 3.39. The predicted octanol–water partition coefficient (Wildman–Crippen LogP) is 1.83. The third kappa shape index (κ3) is 4.48. The number of nitrogens with zero attached hydrogens (tertiary/aromatic N) is 2. The molecule has 1 atom stereocenters. The summed E-state index contributed by atoms with van der Waals surface area (Å²) in [5.41, 5.74) is 2.49. The molecule has 0 saturated carbocycles. The van der Waals surface area contributed by atoms with Crippen LogP contribution in [0.2, 0.25) is 0 Å². The summed E-state index contributed by atoms with van der Waals surface area (Å²) in [6, 6.07) is 2.88. The van der Waals surface area contributed by atoms with Crippen LogP contribution in [0.15, 0.2) is 23.2 Å². The lowest BCUT2D eigenvalue weighted by Crippen LogP contribution is -2.40. The number of hydrogen-bond donors (Lipinski definition) is 2. The maximum atomic E-state index is 12.8. The minimum atomic E-state index is -4.10. The van der Waals surface area contributed by atoms with Gasteiger partial charge in [0.2, 0.25) is 5.91 Å². The number of rotatable bonds is 6. The van der Waals surface area contributed by atoms with Crippen LogP contribution in [0.1, 0.15) is 37.1 Å². The number of amides is 2. The molecule has 0 fully saturated rings. The van der Waals surface area contributed by atoms with Gasteiger partial charge >= 0.3 is 0 Å². The zero-order chi connectivity index (χ0) is 22.2. The van der Waals surface area contributed by atoms with E-state index in [2.05, 4.69) is 15.1 Å². The highest BCUT2D eigenvalue weighted by Gasteiger charge is 2.32. The summed E-state index contributed by atoms with van der Waals surface area (Å²) in [5.74, 6) is -0.705. The average molecular weight is 435 g/mol. The van der Waals surface area contributed by atoms with Crippen LogP contribution in [0, 0.1) is 19.8 Å². The first-order chi connectivity index (χ1) is 14.0. The topological polar surface area (TPSA) is 119 Å². The van der Waals surface area contributed by atoms with Gasteiger partial charge in [-0.25, -0.2) is 13.1 Å². The minimum absolute atomic E-state index is 0.0116. The van der Waals surface area contributed by atoms with E-state index in [1.807, 2.05) is 27.0 Å². The summed E-state index contributed by atoms with van der Waals surface area (Å²) in [6.07, 6.45) is 1.49. The van der Waals surface area contributed by atoms with E-state index in [9.17, 15) is 18.0 Å². The molecule has 0 aliphatic carbocycles. The normalized spacial score (nSPS) is 16.1. The summed E-state index contributed by atoms with van der Waals surface area (Å²) in [6.45, 7) is 7.11. The van der Waals surface area contributed by atoms with Gasteiger partial charge in [0, 0.05) is 25.7 Å². The zero-order valence-corrected chi connectivity index (χ0v) is 18.5. The number of nitrogens with one attached hydrogen (secondary N) is 2. The van der Waals surface area contributed by atoms with E-state index in [1.54, 1.807) is 18.7 Å².